The molecule has 0 saturated heterocycles. The van der Waals surface area contributed by atoms with E-state index in [9.17, 15) is 0 Å². The Morgan fingerprint density at radius 1 is 1.23 bits per heavy atom. The van der Waals surface area contributed by atoms with E-state index in [1.165, 1.54) is 0 Å². The van der Waals surface area contributed by atoms with E-state index in [1.54, 1.807) is 0 Å². The van der Waals surface area contributed by atoms with Crippen LogP contribution in [-0.4, -0.2) is 6.61 Å². The van der Waals surface area contributed by atoms with Gasteiger partial charge in [-0.25, -0.2) is 0 Å². The van der Waals surface area contributed by atoms with E-state index in [0.717, 1.165) is 25.0 Å². The lowest BCUT2D eigenvalue weighted by Crippen LogP contribution is -1.85. The van der Waals surface area contributed by atoms with E-state index < -0.39 is 0 Å². The number of rotatable bonds is 3. The third-order valence-electron chi connectivity index (χ3n) is 1.64. The minimum atomic E-state index is 0.732. The summed E-state index contributed by atoms with van der Waals surface area (Å²) in [6.07, 6.45) is 4.91. The van der Waals surface area contributed by atoms with Crippen LogP contribution < -0.4 is 0 Å². The van der Waals surface area contributed by atoms with Gasteiger partial charge >= 0.3 is 0 Å². The predicted octanol–water partition coefficient (Wildman–Crippen LogP) is 2.81. The summed E-state index contributed by atoms with van der Waals surface area (Å²) in [4.78, 5) is 0. The van der Waals surface area contributed by atoms with Crippen molar-refractivity contribution in [3.8, 4) is 12.0 Å². The molecule has 0 unspecified atom stereocenters. The Morgan fingerprint density at radius 2 is 2.00 bits per heavy atom. The molecule has 0 aliphatic carbocycles. The van der Waals surface area contributed by atoms with Gasteiger partial charge in [-0.15, -0.1) is 0 Å². The Labute approximate surface area is 79.7 Å². The molecule has 0 aromatic heterocycles. The molecule has 1 heteroatoms. The van der Waals surface area contributed by atoms with E-state index in [0.29, 0.717) is 0 Å². The molecule has 0 aliphatic heterocycles. The van der Waals surface area contributed by atoms with Gasteiger partial charge in [-0.1, -0.05) is 31.5 Å². The Kier molecular flexibility index (Phi) is 4.56. The Morgan fingerprint density at radius 3 is 2.69 bits per heavy atom. The highest BCUT2D eigenvalue weighted by atomic mass is 16.5. The number of hydrogen-bond acceptors (Lipinski definition) is 1. The molecule has 0 saturated carbocycles. The zero-order valence-corrected chi connectivity index (χ0v) is 7.92. The third-order valence-corrected chi connectivity index (χ3v) is 1.64. The van der Waals surface area contributed by atoms with Crippen LogP contribution in [0.25, 0.3) is 0 Å². The highest BCUT2D eigenvalue weighted by molar-refractivity contribution is 5.32. The number of benzene rings is 1. The van der Waals surface area contributed by atoms with E-state index in [2.05, 4.69) is 19.0 Å². The van der Waals surface area contributed by atoms with Crippen molar-refractivity contribution >= 4 is 0 Å². The average Bonchev–Trinajstić information content (AvgIpc) is 2.19. The van der Waals surface area contributed by atoms with Crippen LogP contribution in [0.15, 0.2) is 30.3 Å². The summed E-state index contributed by atoms with van der Waals surface area (Å²) in [7, 11) is 0. The van der Waals surface area contributed by atoms with Gasteiger partial charge in [0.05, 0.1) is 0 Å². The van der Waals surface area contributed by atoms with Crippen molar-refractivity contribution in [1.29, 1.82) is 0 Å². The topological polar surface area (TPSA) is 9.23 Å². The van der Waals surface area contributed by atoms with Crippen molar-refractivity contribution in [2.75, 3.05) is 6.61 Å². The summed E-state index contributed by atoms with van der Waals surface area (Å²) >= 11 is 0. The molecule has 1 nitrogen and oxygen atoms in total. The molecule has 68 valence electrons. The summed E-state index contributed by atoms with van der Waals surface area (Å²) < 4.78 is 5.12. The molecular weight excluding hydrogens is 160 g/mol. The summed E-state index contributed by atoms with van der Waals surface area (Å²) in [6, 6.07) is 9.85. The van der Waals surface area contributed by atoms with Crippen LogP contribution in [0.2, 0.25) is 0 Å². The quantitative estimate of drug-likeness (QED) is 0.505. The number of hydrogen-bond donors (Lipinski definition) is 0. The SMILES string of the molecule is CCCCOC#Cc1ccccc1. The van der Waals surface area contributed by atoms with Gasteiger partial charge in [-0.05, 0) is 24.5 Å². The van der Waals surface area contributed by atoms with Crippen LogP contribution in [0.1, 0.15) is 25.3 Å². The molecule has 0 radical (unpaired) electrons. The first-order chi connectivity index (χ1) is 6.43. The molecule has 1 aromatic rings. The minimum absolute atomic E-state index is 0.732. The van der Waals surface area contributed by atoms with Crippen molar-refractivity contribution in [3.05, 3.63) is 35.9 Å². The first-order valence-corrected chi connectivity index (χ1v) is 4.61. The van der Waals surface area contributed by atoms with Crippen LogP contribution in [0, 0.1) is 12.0 Å². The van der Waals surface area contributed by atoms with Crippen LogP contribution in [0.4, 0.5) is 0 Å². The van der Waals surface area contributed by atoms with Crippen molar-refractivity contribution in [1.82, 2.24) is 0 Å². The molecule has 0 aliphatic rings. The van der Waals surface area contributed by atoms with Crippen LogP contribution in [-0.2, 0) is 4.74 Å². The van der Waals surface area contributed by atoms with Gasteiger partial charge in [0.2, 0.25) is 0 Å². The van der Waals surface area contributed by atoms with Gasteiger partial charge in [0.1, 0.15) is 12.7 Å². The van der Waals surface area contributed by atoms with Crippen molar-refractivity contribution in [3.63, 3.8) is 0 Å². The maximum Gasteiger partial charge on any atom is 0.115 e. The summed E-state index contributed by atoms with van der Waals surface area (Å²) in [5.41, 5.74) is 0.999. The van der Waals surface area contributed by atoms with Gasteiger partial charge in [-0.2, -0.15) is 0 Å². The molecule has 0 N–H and O–H groups in total. The first kappa shape index (κ1) is 9.67. The average molecular weight is 174 g/mol. The van der Waals surface area contributed by atoms with Gasteiger partial charge in [0.15, 0.2) is 0 Å². The zero-order valence-electron chi connectivity index (χ0n) is 7.92. The van der Waals surface area contributed by atoms with E-state index in [-0.39, 0.29) is 0 Å². The maximum atomic E-state index is 5.12. The second kappa shape index (κ2) is 6.14. The van der Waals surface area contributed by atoms with Gasteiger partial charge in [0, 0.05) is 5.56 Å². The summed E-state index contributed by atoms with van der Waals surface area (Å²) in [6.45, 7) is 2.87. The highest BCUT2D eigenvalue weighted by Gasteiger charge is 1.82. The van der Waals surface area contributed by atoms with Crippen LogP contribution in [0.5, 0.6) is 0 Å². The normalized spacial score (nSPS) is 8.69. The molecule has 0 spiro atoms. The van der Waals surface area contributed by atoms with Gasteiger partial charge in [0.25, 0.3) is 0 Å². The number of ether oxygens (including phenoxy) is 1. The summed E-state index contributed by atoms with van der Waals surface area (Å²) in [5, 5.41) is 0. The largest absolute Gasteiger partial charge is 0.446 e. The maximum absolute atomic E-state index is 5.12. The first-order valence-electron chi connectivity index (χ1n) is 4.61. The molecule has 13 heavy (non-hydrogen) atoms. The Bertz CT molecular complexity index is 279. The highest BCUT2D eigenvalue weighted by Crippen LogP contribution is 1.94. The molecular formula is C12H14O. The fourth-order valence-electron chi connectivity index (χ4n) is 0.884. The smallest absolute Gasteiger partial charge is 0.115 e. The zero-order chi connectivity index (χ0) is 9.36. The molecule has 0 heterocycles. The summed E-state index contributed by atoms with van der Waals surface area (Å²) in [5.74, 6) is 2.93. The van der Waals surface area contributed by atoms with E-state index in [1.807, 2.05) is 30.3 Å². The predicted molar refractivity (Wildman–Crippen MR) is 54.2 cm³/mol. The van der Waals surface area contributed by atoms with Crippen molar-refractivity contribution in [2.45, 2.75) is 19.8 Å². The molecule has 0 atom stereocenters. The lowest BCUT2D eigenvalue weighted by Gasteiger charge is -1.92. The molecule has 1 aromatic carbocycles. The van der Waals surface area contributed by atoms with Crippen LogP contribution >= 0.6 is 0 Å². The lowest BCUT2D eigenvalue weighted by atomic mass is 10.2. The third kappa shape index (κ3) is 4.22. The lowest BCUT2D eigenvalue weighted by molar-refractivity contribution is 0.271. The monoisotopic (exact) mass is 174 g/mol. The second-order valence-electron chi connectivity index (χ2n) is 2.80. The van der Waals surface area contributed by atoms with Crippen LogP contribution in [0.3, 0.4) is 0 Å². The van der Waals surface area contributed by atoms with E-state index in [4.69, 9.17) is 4.74 Å². The standard InChI is InChI=1S/C12H14O/c1-2-3-10-13-11-9-12-7-5-4-6-8-12/h4-8H,2-3,10H2,1H3. The Hall–Kier alpha value is -1.42. The van der Waals surface area contributed by atoms with Gasteiger partial charge in [-0.3, -0.25) is 0 Å². The second-order valence-corrected chi connectivity index (χ2v) is 2.80. The van der Waals surface area contributed by atoms with Crippen molar-refractivity contribution in [2.24, 2.45) is 0 Å². The Balaban J connectivity index is 2.31. The molecule has 0 fully saturated rings. The minimum Gasteiger partial charge on any atom is -0.446 e. The van der Waals surface area contributed by atoms with Gasteiger partial charge < -0.3 is 4.74 Å². The van der Waals surface area contributed by atoms with Crippen molar-refractivity contribution < 1.29 is 4.74 Å². The fourth-order valence-corrected chi connectivity index (χ4v) is 0.884. The molecule has 0 amide bonds. The molecule has 0 bridgehead atoms. The van der Waals surface area contributed by atoms with E-state index >= 15 is 0 Å². The number of unbranched alkanes of at least 4 members (excludes halogenated alkanes) is 1. The fraction of sp³-hybridized carbons (Fsp3) is 0.333. The molecule has 1 rings (SSSR count).